The predicted octanol–water partition coefficient (Wildman–Crippen LogP) is 4.86. The normalized spacial score (nSPS) is 14.1. The van der Waals surface area contributed by atoms with E-state index in [1.807, 2.05) is 69.9 Å². The fourth-order valence-electron chi connectivity index (χ4n) is 3.43. The standard InChI is InChI=1S/C23H30N2O3/c1-15(2)22(27)25-11-10-19-17(14-25)12-20(28-19)16-6-8-18(9-7-16)24-21(26)13-23(3,4)5/h6-9,12,15H,10-11,13-14H2,1-5H3,(H,24,26). The molecule has 0 atom stereocenters. The minimum atomic E-state index is -0.0396. The second-order valence-corrected chi connectivity index (χ2v) is 9.09. The van der Waals surface area contributed by atoms with Gasteiger partial charge < -0.3 is 14.6 Å². The minimum Gasteiger partial charge on any atom is -0.461 e. The summed E-state index contributed by atoms with van der Waals surface area (Å²) >= 11 is 0. The highest BCUT2D eigenvalue weighted by molar-refractivity contribution is 5.91. The van der Waals surface area contributed by atoms with Gasteiger partial charge in [0.15, 0.2) is 0 Å². The number of amides is 2. The van der Waals surface area contributed by atoms with Crippen molar-refractivity contribution in [2.24, 2.45) is 11.3 Å². The van der Waals surface area contributed by atoms with E-state index in [-0.39, 0.29) is 23.1 Å². The van der Waals surface area contributed by atoms with Crippen LogP contribution in [0.4, 0.5) is 5.69 Å². The Morgan fingerprint density at radius 2 is 1.86 bits per heavy atom. The quantitative estimate of drug-likeness (QED) is 0.821. The van der Waals surface area contributed by atoms with Crippen LogP contribution in [0.3, 0.4) is 0 Å². The summed E-state index contributed by atoms with van der Waals surface area (Å²) in [6, 6.07) is 9.72. The van der Waals surface area contributed by atoms with Crippen LogP contribution in [-0.2, 0) is 22.6 Å². The molecule has 0 radical (unpaired) electrons. The molecular weight excluding hydrogens is 352 g/mol. The third kappa shape index (κ3) is 4.83. The zero-order valence-electron chi connectivity index (χ0n) is 17.5. The van der Waals surface area contributed by atoms with Crippen molar-refractivity contribution >= 4 is 17.5 Å². The van der Waals surface area contributed by atoms with Crippen LogP contribution in [-0.4, -0.2) is 23.3 Å². The van der Waals surface area contributed by atoms with Gasteiger partial charge in [-0.05, 0) is 35.7 Å². The lowest BCUT2D eigenvalue weighted by molar-refractivity contribution is -0.135. The molecule has 3 rings (SSSR count). The Morgan fingerprint density at radius 3 is 2.46 bits per heavy atom. The van der Waals surface area contributed by atoms with Crippen LogP contribution >= 0.6 is 0 Å². The molecule has 1 N–H and O–H groups in total. The number of furan rings is 1. The lowest BCUT2D eigenvalue weighted by atomic mass is 9.92. The summed E-state index contributed by atoms with van der Waals surface area (Å²) in [6.45, 7) is 11.3. The summed E-state index contributed by atoms with van der Waals surface area (Å²) in [5.74, 6) is 1.98. The first-order valence-corrected chi connectivity index (χ1v) is 9.93. The Labute approximate surface area is 167 Å². The topological polar surface area (TPSA) is 62.6 Å². The maximum atomic E-state index is 12.3. The molecule has 0 saturated heterocycles. The minimum absolute atomic E-state index is 0.00830. The van der Waals surface area contributed by atoms with Crippen molar-refractivity contribution in [2.45, 2.75) is 54.0 Å². The van der Waals surface area contributed by atoms with Gasteiger partial charge in [0.1, 0.15) is 11.5 Å². The van der Waals surface area contributed by atoms with Crippen LogP contribution in [0.2, 0.25) is 0 Å². The van der Waals surface area contributed by atoms with Gasteiger partial charge in [-0.2, -0.15) is 0 Å². The van der Waals surface area contributed by atoms with E-state index in [1.165, 1.54) is 0 Å². The second-order valence-electron chi connectivity index (χ2n) is 9.09. The molecule has 0 aliphatic carbocycles. The molecule has 2 heterocycles. The van der Waals surface area contributed by atoms with E-state index < -0.39 is 0 Å². The highest BCUT2D eigenvalue weighted by Gasteiger charge is 2.25. The van der Waals surface area contributed by atoms with Crippen molar-refractivity contribution in [2.75, 3.05) is 11.9 Å². The largest absolute Gasteiger partial charge is 0.461 e. The van der Waals surface area contributed by atoms with E-state index in [0.29, 0.717) is 19.5 Å². The zero-order valence-corrected chi connectivity index (χ0v) is 17.5. The van der Waals surface area contributed by atoms with Gasteiger partial charge >= 0.3 is 0 Å². The number of nitrogens with zero attached hydrogens (tertiary/aromatic N) is 1. The van der Waals surface area contributed by atoms with Crippen LogP contribution in [0.25, 0.3) is 11.3 Å². The average molecular weight is 383 g/mol. The van der Waals surface area contributed by atoms with Crippen molar-refractivity contribution in [3.8, 4) is 11.3 Å². The number of carbonyl (C=O) groups excluding carboxylic acids is 2. The fourth-order valence-corrected chi connectivity index (χ4v) is 3.43. The maximum Gasteiger partial charge on any atom is 0.225 e. The molecular formula is C23H30N2O3. The molecule has 150 valence electrons. The van der Waals surface area contributed by atoms with Crippen LogP contribution in [0, 0.1) is 11.3 Å². The summed E-state index contributed by atoms with van der Waals surface area (Å²) in [7, 11) is 0. The van der Waals surface area contributed by atoms with Crippen molar-refractivity contribution in [3.05, 3.63) is 41.7 Å². The summed E-state index contributed by atoms with van der Waals surface area (Å²) in [5.41, 5.74) is 2.79. The molecule has 0 spiro atoms. The Balaban J connectivity index is 1.69. The number of anilines is 1. The van der Waals surface area contributed by atoms with Crippen molar-refractivity contribution in [1.29, 1.82) is 0 Å². The zero-order chi connectivity index (χ0) is 20.5. The van der Waals surface area contributed by atoms with Gasteiger partial charge in [0.2, 0.25) is 11.8 Å². The monoisotopic (exact) mass is 382 g/mol. The number of benzene rings is 1. The Bertz CT molecular complexity index is 857. The number of hydrogen-bond acceptors (Lipinski definition) is 3. The molecule has 28 heavy (non-hydrogen) atoms. The number of carbonyl (C=O) groups is 2. The maximum absolute atomic E-state index is 12.3. The average Bonchev–Trinajstić information content (AvgIpc) is 3.03. The smallest absolute Gasteiger partial charge is 0.225 e. The van der Waals surface area contributed by atoms with Crippen LogP contribution in [0.5, 0.6) is 0 Å². The predicted molar refractivity (Wildman–Crippen MR) is 111 cm³/mol. The van der Waals surface area contributed by atoms with Gasteiger partial charge in [0.25, 0.3) is 0 Å². The summed E-state index contributed by atoms with van der Waals surface area (Å²) in [6.07, 6.45) is 1.22. The Hall–Kier alpha value is -2.56. The molecule has 2 aromatic rings. The van der Waals surface area contributed by atoms with E-state index in [1.54, 1.807) is 0 Å². The van der Waals surface area contributed by atoms with Gasteiger partial charge in [-0.15, -0.1) is 0 Å². The first kappa shape index (κ1) is 20.2. The molecule has 1 aliphatic heterocycles. The van der Waals surface area contributed by atoms with Gasteiger partial charge in [-0.1, -0.05) is 34.6 Å². The number of fused-ring (bicyclic) bond motifs is 1. The lowest BCUT2D eigenvalue weighted by Crippen LogP contribution is -2.37. The summed E-state index contributed by atoms with van der Waals surface area (Å²) in [5, 5.41) is 2.94. The molecule has 1 aromatic heterocycles. The molecule has 1 aliphatic rings. The first-order chi connectivity index (χ1) is 13.1. The molecule has 0 fully saturated rings. The molecule has 5 nitrogen and oxygen atoms in total. The van der Waals surface area contributed by atoms with Gasteiger partial charge in [-0.25, -0.2) is 0 Å². The second kappa shape index (κ2) is 7.82. The highest BCUT2D eigenvalue weighted by Crippen LogP contribution is 2.31. The molecule has 0 bridgehead atoms. The molecule has 0 unspecified atom stereocenters. The SMILES string of the molecule is CC(C)C(=O)N1CCc2oc(-c3ccc(NC(=O)CC(C)(C)C)cc3)cc2C1. The van der Waals surface area contributed by atoms with Crippen LogP contribution in [0.15, 0.2) is 34.7 Å². The lowest BCUT2D eigenvalue weighted by Gasteiger charge is -2.27. The number of hydrogen-bond donors (Lipinski definition) is 1. The van der Waals surface area contributed by atoms with Gasteiger partial charge in [0, 0.05) is 48.7 Å². The summed E-state index contributed by atoms with van der Waals surface area (Å²) in [4.78, 5) is 26.2. The van der Waals surface area contributed by atoms with Crippen LogP contribution < -0.4 is 5.32 Å². The van der Waals surface area contributed by atoms with E-state index in [2.05, 4.69) is 5.32 Å². The van der Waals surface area contributed by atoms with E-state index in [4.69, 9.17) is 4.42 Å². The molecule has 0 saturated carbocycles. The molecule has 5 heteroatoms. The Morgan fingerprint density at radius 1 is 1.18 bits per heavy atom. The number of rotatable bonds is 4. The number of nitrogens with one attached hydrogen (secondary N) is 1. The Kier molecular flexibility index (Phi) is 5.64. The third-order valence-corrected chi connectivity index (χ3v) is 4.82. The van der Waals surface area contributed by atoms with Gasteiger partial charge in [-0.3, -0.25) is 9.59 Å². The van der Waals surface area contributed by atoms with E-state index in [9.17, 15) is 9.59 Å². The van der Waals surface area contributed by atoms with Crippen molar-refractivity contribution in [1.82, 2.24) is 4.90 Å². The summed E-state index contributed by atoms with van der Waals surface area (Å²) < 4.78 is 6.04. The van der Waals surface area contributed by atoms with Gasteiger partial charge in [0.05, 0.1) is 0 Å². The first-order valence-electron chi connectivity index (χ1n) is 9.93. The van der Waals surface area contributed by atoms with Crippen molar-refractivity contribution < 1.29 is 14.0 Å². The molecule has 1 aromatic carbocycles. The van der Waals surface area contributed by atoms with E-state index in [0.717, 1.165) is 34.8 Å². The molecule has 2 amide bonds. The third-order valence-electron chi connectivity index (χ3n) is 4.82. The van der Waals surface area contributed by atoms with Crippen LogP contribution in [0.1, 0.15) is 52.4 Å². The highest BCUT2D eigenvalue weighted by atomic mass is 16.3. The van der Waals surface area contributed by atoms with E-state index >= 15 is 0 Å². The fraction of sp³-hybridized carbons (Fsp3) is 0.478. The van der Waals surface area contributed by atoms with Crippen molar-refractivity contribution in [3.63, 3.8) is 0 Å².